The van der Waals surface area contributed by atoms with Gasteiger partial charge >= 0.3 is 0 Å². The molecule has 0 aromatic carbocycles. The Kier molecular flexibility index (Phi) is 4.65. The van der Waals surface area contributed by atoms with Crippen molar-refractivity contribution in [2.45, 2.75) is 64.1 Å². The first-order valence-electron chi connectivity index (χ1n) is 6.23. The van der Waals surface area contributed by atoms with E-state index in [4.69, 9.17) is 4.43 Å². The largest absolute Gasteiger partial charge is 0.420 e. The molecule has 0 radical (unpaired) electrons. The van der Waals surface area contributed by atoms with E-state index in [1.807, 2.05) is 7.11 Å². The fraction of sp³-hybridized carbons (Fsp3) is 1.00. The molecule has 0 aromatic rings. The summed E-state index contributed by atoms with van der Waals surface area (Å²) in [6, 6.07) is 2.61. The molecule has 0 heterocycles. The molecule has 0 spiro atoms. The van der Waals surface area contributed by atoms with Crippen LogP contribution in [0.25, 0.3) is 0 Å². The van der Waals surface area contributed by atoms with Crippen molar-refractivity contribution in [3.8, 4) is 0 Å². The summed E-state index contributed by atoms with van der Waals surface area (Å²) in [6.07, 6.45) is 5.73. The minimum atomic E-state index is -1.35. The first-order chi connectivity index (χ1) is 6.68. The minimum absolute atomic E-state index is 0.943. The lowest BCUT2D eigenvalue weighted by atomic mass is 9.90. The quantitative estimate of drug-likeness (QED) is 0.637. The Labute approximate surface area is 90.4 Å². The molecule has 0 aliphatic heterocycles. The van der Waals surface area contributed by atoms with Gasteiger partial charge in [0.15, 0.2) is 8.32 Å². The third-order valence-electron chi connectivity index (χ3n) is 4.36. The summed E-state index contributed by atoms with van der Waals surface area (Å²) in [5.74, 6) is 0.962. The molecule has 1 saturated carbocycles. The Hall–Kier alpha value is 0.177. The van der Waals surface area contributed by atoms with Gasteiger partial charge in [-0.3, -0.25) is 0 Å². The lowest BCUT2D eigenvalue weighted by molar-refractivity contribution is 0.322. The van der Waals surface area contributed by atoms with Crippen molar-refractivity contribution in [2.24, 2.45) is 5.92 Å². The number of hydrogen-bond donors (Lipinski definition) is 0. The van der Waals surface area contributed by atoms with E-state index in [1.165, 1.54) is 37.8 Å². The van der Waals surface area contributed by atoms with E-state index in [-0.39, 0.29) is 0 Å². The van der Waals surface area contributed by atoms with E-state index in [0.717, 1.165) is 11.5 Å². The summed E-state index contributed by atoms with van der Waals surface area (Å²) in [5, 5.41) is 0. The molecule has 84 valence electrons. The van der Waals surface area contributed by atoms with E-state index in [0.29, 0.717) is 0 Å². The first kappa shape index (κ1) is 12.2. The maximum absolute atomic E-state index is 5.95. The predicted octanol–water partition coefficient (Wildman–Crippen LogP) is 4.20. The SMILES string of the molecule is CC[Si](CC)(OC)C1CCC(C)CC1. The van der Waals surface area contributed by atoms with Crippen LogP contribution in [0.2, 0.25) is 17.6 Å². The lowest BCUT2D eigenvalue weighted by Gasteiger charge is -2.39. The van der Waals surface area contributed by atoms with Crippen molar-refractivity contribution >= 4 is 8.32 Å². The summed E-state index contributed by atoms with van der Waals surface area (Å²) >= 11 is 0. The molecule has 0 aromatic heterocycles. The van der Waals surface area contributed by atoms with Crippen molar-refractivity contribution < 1.29 is 4.43 Å². The van der Waals surface area contributed by atoms with Gasteiger partial charge < -0.3 is 4.43 Å². The molecule has 0 unspecified atom stereocenters. The van der Waals surface area contributed by atoms with Crippen LogP contribution in [-0.4, -0.2) is 15.4 Å². The first-order valence-corrected chi connectivity index (χ1v) is 8.63. The van der Waals surface area contributed by atoms with Crippen LogP contribution in [-0.2, 0) is 4.43 Å². The zero-order valence-corrected chi connectivity index (χ0v) is 11.3. The molecular formula is C12H26OSi. The highest BCUT2D eigenvalue weighted by molar-refractivity contribution is 6.75. The van der Waals surface area contributed by atoms with Crippen LogP contribution in [0.4, 0.5) is 0 Å². The third-order valence-corrected chi connectivity index (χ3v) is 9.64. The number of hydrogen-bond acceptors (Lipinski definition) is 1. The van der Waals surface area contributed by atoms with Gasteiger partial charge in [0.1, 0.15) is 0 Å². The third kappa shape index (κ3) is 2.40. The summed E-state index contributed by atoms with van der Waals surface area (Å²) in [5.41, 5.74) is 0.943. The molecule has 1 nitrogen and oxygen atoms in total. The topological polar surface area (TPSA) is 9.23 Å². The molecule has 0 amide bonds. The van der Waals surface area contributed by atoms with E-state index in [1.54, 1.807) is 0 Å². The van der Waals surface area contributed by atoms with Crippen LogP contribution in [0.3, 0.4) is 0 Å². The minimum Gasteiger partial charge on any atom is -0.420 e. The summed E-state index contributed by atoms with van der Waals surface area (Å²) < 4.78 is 5.95. The second-order valence-electron chi connectivity index (χ2n) is 4.93. The van der Waals surface area contributed by atoms with Gasteiger partial charge in [-0.15, -0.1) is 0 Å². The Morgan fingerprint density at radius 3 is 1.93 bits per heavy atom. The standard InChI is InChI=1S/C12H26OSi/c1-5-14(6-2,13-4)12-9-7-11(3)8-10-12/h11-12H,5-10H2,1-4H3. The molecule has 0 atom stereocenters. The smallest absolute Gasteiger partial charge is 0.194 e. The van der Waals surface area contributed by atoms with Crippen LogP contribution >= 0.6 is 0 Å². The molecule has 1 rings (SSSR count). The molecule has 0 bridgehead atoms. The highest BCUT2D eigenvalue weighted by Gasteiger charge is 2.40. The van der Waals surface area contributed by atoms with Gasteiger partial charge in [0.05, 0.1) is 0 Å². The monoisotopic (exact) mass is 214 g/mol. The number of rotatable bonds is 4. The highest BCUT2D eigenvalue weighted by atomic mass is 28.4. The van der Waals surface area contributed by atoms with Gasteiger partial charge in [0.2, 0.25) is 0 Å². The zero-order valence-electron chi connectivity index (χ0n) is 10.3. The Balaban J connectivity index is 2.60. The van der Waals surface area contributed by atoms with E-state index in [9.17, 15) is 0 Å². The van der Waals surface area contributed by atoms with Crippen LogP contribution in [0.1, 0.15) is 46.5 Å². The van der Waals surface area contributed by atoms with E-state index in [2.05, 4.69) is 20.8 Å². The van der Waals surface area contributed by atoms with Crippen molar-refractivity contribution in [2.75, 3.05) is 7.11 Å². The van der Waals surface area contributed by atoms with Gasteiger partial charge in [-0.25, -0.2) is 0 Å². The fourth-order valence-electron chi connectivity index (χ4n) is 3.07. The summed E-state index contributed by atoms with van der Waals surface area (Å²) in [6.45, 7) is 7.05. The predicted molar refractivity (Wildman–Crippen MR) is 65.1 cm³/mol. The Bertz CT molecular complexity index is 149. The van der Waals surface area contributed by atoms with E-state index >= 15 is 0 Å². The van der Waals surface area contributed by atoms with E-state index < -0.39 is 8.32 Å². The van der Waals surface area contributed by atoms with Crippen molar-refractivity contribution in [3.63, 3.8) is 0 Å². The van der Waals surface area contributed by atoms with Crippen molar-refractivity contribution in [3.05, 3.63) is 0 Å². The normalized spacial score (nSPS) is 29.1. The van der Waals surface area contributed by atoms with Crippen LogP contribution in [0, 0.1) is 5.92 Å². The Morgan fingerprint density at radius 1 is 1.07 bits per heavy atom. The summed E-state index contributed by atoms with van der Waals surface area (Å²) in [7, 11) is 0.609. The van der Waals surface area contributed by atoms with Crippen molar-refractivity contribution in [1.29, 1.82) is 0 Å². The average Bonchev–Trinajstić information content (AvgIpc) is 2.24. The highest BCUT2D eigenvalue weighted by Crippen LogP contribution is 2.42. The van der Waals surface area contributed by atoms with Gasteiger partial charge in [0.25, 0.3) is 0 Å². The molecule has 0 saturated heterocycles. The molecular weight excluding hydrogens is 188 g/mol. The lowest BCUT2D eigenvalue weighted by Crippen LogP contribution is -2.42. The van der Waals surface area contributed by atoms with Gasteiger partial charge in [-0.2, -0.15) is 0 Å². The molecule has 0 N–H and O–H groups in total. The second kappa shape index (κ2) is 5.31. The molecule has 1 aliphatic rings. The zero-order chi connectivity index (χ0) is 10.6. The second-order valence-corrected chi connectivity index (χ2v) is 9.70. The molecule has 1 fully saturated rings. The maximum Gasteiger partial charge on any atom is 0.194 e. The van der Waals surface area contributed by atoms with Crippen LogP contribution < -0.4 is 0 Å². The fourth-order valence-corrected chi connectivity index (χ4v) is 7.02. The van der Waals surface area contributed by atoms with Crippen molar-refractivity contribution in [1.82, 2.24) is 0 Å². The molecule has 2 heteroatoms. The Morgan fingerprint density at radius 2 is 1.57 bits per heavy atom. The molecule has 14 heavy (non-hydrogen) atoms. The average molecular weight is 214 g/mol. The van der Waals surface area contributed by atoms with Gasteiger partial charge in [-0.1, -0.05) is 46.5 Å². The van der Waals surface area contributed by atoms with Crippen LogP contribution in [0.15, 0.2) is 0 Å². The molecule has 1 aliphatic carbocycles. The van der Waals surface area contributed by atoms with Crippen LogP contribution in [0.5, 0.6) is 0 Å². The maximum atomic E-state index is 5.95. The summed E-state index contributed by atoms with van der Waals surface area (Å²) in [4.78, 5) is 0. The van der Waals surface area contributed by atoms with Gasteiger partial charge in [0, 0.05) is 7.11 Å². The van der Waals surface area contributed by atoms with Gasteiger partial charge in [-0.05, 0) is 23.5 Å².